The number of piperidine rings is 1. The quantitative estimate of drug-likeness (QED) is 0.331. The lowest BCUT2D eigenvalue weighted by Gasteiger charge is -2.52. The zero-order chi connectivity index (χ0) is 26.8. The SMILES string of the molecule is C.CC.CCC.CCC(C)(C)CC(C)(C)C1CCN(C(C)(C)CC(C)(C)N2CCN(C)CC2)CC1. The van der Waals surface area contributed by atoms with Crippen molar-refractivity contribution in [2.75, 3.05) is 46.3 Å². The van der Waals surface area contributed by atoms with Gasteiger partial charge >= 0.3 is 0 Å². The van der Waals surface area contributed by atoms with Crippen molar-refractivity contribution in [1.29, 1.82) is 0 Å². The molecule has 0 aromatic rings. The predicted octanol–water partition coefficient (Wildman–Crippen LogP) is 8.82. The Kier molecular flexibility index (Phi) is 16.9. The van der Waals surface area contributed by atoms with Crippen molar-refractivity contribution in [2.45, 2.75) is 147 Å². The van der Waals surface area contributed by atoms with E-state index in [-0.39, 0.29) is 18.5 Å². The molecule has 2 saturated heterocycles. The molecule has 0 radical (unpaired) electrons. The van der Waals surface area contributed by atoms with Crippen LogP contribution in [0, 0.1) is 16.7 Å². The van der Waals surface area contributed by atoms with Gasteiger partial charge < -0.3 is 4.90 Å². The summed E-state index contributed by atoms with van der Waals surface area (Å²) in [5.41, 5.74) is 1.46. The third kappa shape index (κ3) is 12.3. The zero-order valence-corrected chi connectivity index (χ0v) is 26.4. The molecule has 0 aromatic heterocycles. The average molecular weight is 498 g/mol. The molecule has 0 N–H and O–H groups in total. The standard InChI is InChI=1S/C26H53N3.C3H8.C2H6.CH4/c1-11-23(2,3)20-24(4,5)22-12-14-28(15-13-22)25(6,7)21-26(8,9)29-18-16-27(10)17-19-29;1-3-2;1-2;/h22H,11-21H2,1-10H3;3H2,1-2H3;1-2H3;1H4. The van der Waals surface area contributed by atoms with Gasteiger partial charge in [-0.3, -0.25) is 9.80 Å². The molecule has 0 bridgehead atoms. The second-order valence-corrected chi connectivity index (χ2v) is 13.7. The molecule has 2 aliphatic heterocycles. The molecule has 2 fully saturated rings. The number of hydrogen-bond donors (Lipinski definition) is 0. The van der Waals surface area contributed by atoms with Gasteiger partial charge in [-0.25, -0.2) is 0 Å². The highest BCUT2D eigenvalue weighted by molar-refractivity contribution is 4.97. The van der Waals surface area contributed by atoms with Gasteiger partial charge in [-0.2, -0.15) is 0 Å². The second-order valence-electron chi connectivity index (χ2n) is 13.7. The lowest BCUT2D eigenvalue weighted by molar-refractivity contribution is -0.0181. The highest BCUT2D eigenvalue weighted by Crippen LogP contribution is 2.45. The Morgan fingerprint density at radius 1 is 0.629 bits per heavy atom. The highest BCUT2D eigenvalue weighted by atomic mass is 15.3. The minimum Gasteiger partial charge on any atom is -0.304 e. The van der Waals surface area contributed by atoms with Gasteiger partial charge in [-0.1, -0.05) is 82.6 Å². The van der Waals surface area contributed by atoms with Crippen LogP contribution in [0.25, 0.3) is 0 Å². The summed E-state index contributed by atoms with van der Waals surface area (Å²) in [5.74, 6) is 0.867. The molecule has 0 saturated carbocycles. The maximum Gasteiger partial charge on any atom is 0.0171 e. The Morgan fingerprint density at radius 3 is 1.37 bits per heavy atom. The van der Waals surface area contributed by atoms with E-state index in [4.69, 9.17) is 0 Å². The third-order valence-electron chi connectivity index (χ3n) is 8.57. The van der Waals surface area contributed by atoms with E-state index in [1.807, 2.05) is 13.8 Å². The summed E-state index contributed by atoms with van der Waals surface area (Å²) in [6.07, 6.45) is 7.86. The van der Waals surface area contributed by atoms with Gasteiger partial charge in [0.1, 0.15) is 0 Å². The first-order valence-electron chi connectivity index (χ1n) is 14.8. The molecule has 3 heteroatoms. The van der Waals surface area contributed by atoms with Crippen LogP contribution in [-0.2, 0) is 0 Å². The van der Waals surface area contributed by atoms with E-state index >= 15 is 0 Å². The van der Waals surface area contributed by atoms with Gasteiger partial charge in [-0.05, 0) is 90.3 Å². The Labute approximate surface area is 224 Å². The molecule has 0 spiro atoms. The predicted molar refractivity (Wildman–Crippen MR) is 163 cm³/mol. The molecule has 35 heavy (non-hydrogen) atoms. The summed E-state index contributed by atoms with van der Waals surface area (Å²) in [6, 6.07) is 0. The summed E-state index contributed by atoms with van der Waals surface area (Å²) < 4.78 is 0. The van der Waals surface area contributed by atoms with E-state index in [2.05, 4.69) is 97.9 Å². The van der Waals surface area contributed by atoms with Crippen LogP contribution < -0.4 is 0 Å². The highest BCUT2D eigenvalue weighted by Gasteiger charge is 2.41. The fourth-order valence-electron chi connectivity index (χ4n) is 6.46. The summed E-state index contributed by atoms with van der Waals surface area (Å²) in [7, 11) is 2.25. The summed E-state index contributed by atoms with van der Waals surface area (Å²) in [6.45, 7) is 37.9. The Morgan fingerprint density at radius 2 is 1.00 bits per heavy atom. The molecule has 214 valence electrons. The lowest BCUT2D eigenvalue weighted by Crippen LogP contribution is -2.59. The monoisotopic (exact) mass is 498 g/mol. The van der Waals surface area contributed by atoms with Crippen molar-refractivity contribution < 1.29 is 0 Å². The first-order chi connectivity index (χ1) is 15.6. The van der Waals surface area contributed by atoms with Crippen molar-refractivity contribution in [1.82, 2.24) is 14.7 Å². The van der Waals surface area contributed by atoms with Crippen LogP contribution >= 0.6 is 0 Å². The van der Waals surface area contributed by atoms with E-state index in [9.17, 15) is 0 Å². The van der Waals surface area contributed by atoms with Crippen LogP contribution in [0.15, 0.2) is 0 Å². The third-order valence-corrected chi connectivity index (χ3v) is 8.57. The Balaban J connectivity index is 0. The number of piperazine rings is 1. The van der Waals surface area contributed by atoms with Crippen LogP contribution in [0.3, 0.4) is 0 Å². The number of nitrogens with zero attached hydrogens (tertiary/aromatic N) is 3. The molecule has 2 rings (SSSR count). The number of likely N-dealkylation sites (N-methyl/N-ethyl adjacent to an activating group) is 1. The largest absolute Gasteiger partial charge is 0.304 e. The van der Waals surface area contributed by atoms with Crippen LogP contribution in [0.1, 0.15) is 136 Å². The smallest absolute Gasteiger partial charge is 0.0171 e. The minimum absolute atomic E-state index is 0. The normalized spacial score (nSPS) is 19.7. The van der Waals surface area contributed by atoms with E-state index < -0.39 is 0 Å². The molecular formula is C32H71N3. The summed E-state index contributed by atoms with van der Waals surface area (Å²) in [5, 5.41) is 0. The van der Waals surface area contributed by atoms with Gasteiger partial charge in [0, 0.05) is 37.3 Å². The second kappa shape index (κ2) is 16.0. The summed E-state index contributed by atoms with van der Waals surface area (Å²) >= 11 is 0. The van der Waals surface area contributed by atoms with E-state index in [1.165, 1.54) is 77.8 Å². The van der Waals surface area contributed by atoms with Crippen molar-refractivity contribution in [3.05, 3.63) is 0 Å². The van der Waals surface area contributed by atoms with Crippen LogP contribution in [0.5, 0.6) is 0 Å². The maximum atomic E-state index is 2.81. The molecule has 2 heterocycles. The van der Waals surface area contributed by atoms with Gasteiger partial charge in [0.05, 0.1) is 0 Å². The van der Waals surface area contributed by atoms with E-state index in [1.54, 1.807) is 0 Å². The Bertz CT molecular complexity index is 519. The summed E-state index contributed by atoms with van der Waals surface area (Å²) in [4.78, 5) is 8.00. The molecular weight excluding hydrogens is 426 g/mol. The minimum atomic E-state index is 0. The number of likely N-dealkylation sites (tertiary alicyclic amines) is 1. The first-order valence-corrected chi connectivity index (χ1v) is 14.8. The van der Waals surface area contributed by atoms with Crippen molar-refractivity contribution in [3.8, 4) is 0 Å². The zero-order valence-electron chi connectivity index (χ0n) is 26.4. The molecule has 0 aromatic carbocycles. The van der Waals surface area contributed by atoms with Crippen molar-refractivity contribution >= 4 is 0 Å². The molecule has 0 aliphatic carbocycles. The average Bonchev–Trinajstić information content (AvgIpc) is 2.75. The molecule has 0 atom stereocenters. The number of rotatable bonds is 8. The molecule has 3 nitrogen and oxygen atoms in total. The molecule has 0 amide bonds. The lowest BCUT2D eigenvalue weighted by atomic mass is 9.64. The fourth-order valence-corrected chi connectivity index (χ4v) is 6.46. The first kappa shape index (κ1) is 37.0. The maximum absolute atomic E-state index is 2.81. The fraction of sp³-hybridized carbons (Fsp3) is 1.00. The van der Waals surface area contributed by atoms with Crippen molar-refractivity contribution in [2.24, 2.45) is 16.7 Å². The van der Waals surface area contributed by atoms with Crippen LogP contribution in [-0.4, -0.2) is 72.1 Å². The Hall–Kier alpha value is -0.120. The van der Waals surface area contributed by atoms with Gasteiger partial charge in [0.15, 0.2) is 0 Å². The van der Waals surface area contributed by atoms with Crippen molar-refractivity contribution in [3.63, 3.8) is 0 Å². The van der Waals surface area contributed by atoms with Gasteiger partial charge in [-0.15, -0.1) is 0 Å². The van der Waals surface area contributed by atoms with Crippen LogP contribution in [0.4, 0.5) is 0 Å². The van der Waals surface area contributed by atoms with Crippen LogP contribution in [0.2, 0.25) is 0 Å². The van der Waals surface area contributed by atoms with E-state index in [0.29, 0.717) is 10.8 Å². The molecule has 2 aliphatic rings. The van der Waals surface area contributed by atoms with Gasteiger partial charge in [0.25, 0.3) is 0 Å². The molecule has 0 unspecified atom stereocenters. The van der Waals surface area contributed by atoms with Gasteiger partial charge in [0.2, 0.25) is 0 Å². The number of hydrogen-bond acceptors (Lipinski definition) is 3. The topological polar surface area (TPSA) is 9.72 Å². The van der Waals surface area contributed by atoms with E-state index in [0.717, 1.165) is 5.92 Å².